The molecule has 4 aromatic rings. The number of esters is 1. The third-order valence-electron chi connectivity index (χ3n) is 28.7. The highest BCUT2D eigenvalue weighted by Crippen LogP contribution is 2.58. The third kappa shape index (κ3) is 58.4. The number of carbonyl (C=O) groups is 1. The average molecular weight is 1980 g/mol. The summed E-state index contributed by atoms with van der Waals surface area (Å²) in [6.45, 7) is 77.1. The van der Waals surface area contributed by atoms with E-state index in [4.69, 9.17) is 56.8 Å². The topological polar surface area (TPSA) is 149 Å². The van der Waals surface area contributed by atoms with Crippen LogP contribution in [-0.4, -0.2) is 170 Å². The fraction of sp³-hybridized carbons (Fsp3) is 0.800. The number of hydrogen-bond donors (Lipinski definition) is 1. The summed E-state index contributed by atoms with van der Waals surface area (Å²) in [5.41, 5.74) is 6.63. The number of nitrogens with one attached hydrogen (secondary N) is 1. The highest BCUT2D eigenvalue weighted by Gasteiger charge is 2.52. The molecule has 1 N–H and O–H groups in total. The summed E-state index contributed by atoms with van der Waals surface area (Å²) in [5, 5.41) is 3.16. The number of alkyl halides is 1. The van der Waals surface area contributed by atoms with Crippen molar-refractivity contribution < 1.29 is 70.8 Å². The summed E-state index contributed by atoms with van der Waals surface area (Å²) >= 11 is 0. The lowest BCUT2D eigenvalue weighted by molar-refractivity contribution is -0.180. The van der Waals surface area contributed by atoms with E-state index in [2.05, 4.69) is 235 Å². The molecule has 816 valence electrons. The molecule has 141 heavy (non-hydrogen) atoms. The van der Waals surface area contributed by atoms with Crippen molar-refractivity contribution >= 4 is 5.97 Å². The number of halogens is 1. The number of benzene rings is 4. The summed E-state index contributed by atoms with van der Waals surface area (Å²) in [6, 6.07) is 36.3. The first kappa shape index (κ1) is 131. The number of fused-ring (bicyclic) bond motifs is 5. The molecule has 15 nitrogen and oxygen atoms in total. The van der Waals surface area contributed by atoms with Crippen LogP contribution in [0.2, 0.25) is 0 Å². The lowest BCUT2D eigenvalue weighted by Gasteiger charge is -2.56. The van der Waals surface area contributed by atoms with Crippen molar-refractivity contribution in [3.8, 4) is 16.9 Å². The molecule has 10 aliphatic carbocycles. The summed E-state index contributed by atoms with van der Waals surface area (Å²) in [6.07, 6.45) is 37.9. The van der Waals surface area contributed by atoms with Crippen molar-refractivity contribution in [3.63, 3.8) is 0 Å². The molecule has 11 aliphatic rings. The van der Waals surface area contributed by atoms with E-state index < -0.39 is 11.1 Å². The van der Waals surface area contributed by atoms with Crippen molar-refractivity contribution in [1.82, 2.24) is 5.32 Å². The number of methoxy groups -OCH3 is 1. The van der Waals surface area contributed by atoms with Gasteiger partial charge in [-0.25, -0.2) is 4.39 Å². The minimum atomic E-state index is -1.19. The molecule has 6 atom stereocenters. The Morgan fingerprint density at radius 2 is 0.887 bits per heavy atom. The van der Waals surface area contributed by atoms with Crippen LogP contribution in [0.5, 0.6) is 5.75 Å². The van der Waals surface area contributed by atoms with Gasteiger partial charge in [-0.1, -0.05) is 183 Å². The number of rotatable bonds is 33. The van der Waals surface area contributed by atoms with Gasteiger partial charge in [0.2, 0.25) is 0 Å². The second-order valence-electron chi connectivity index (χ2n) is 47.9. The number of hydrogen-bond acceptors (Lipinski definition) is 15. The van der Waals surface area contributed by atoms with Gasteiger partial charge in [-0.15, -0.1) is 0 Å². The van der Waals surface area contributed by atoms with Crippen molar-refractivity contribution in [3.05, 3.63) is 125 Å². The molecule has 1 aliphatic heterocycles. The van der Waals surface area contributed by atoms with E-state index in [0.717, 1.165) is 142 Å². The number of carbonyl (C=O) groups excluding carboxylic acids is 1. The molecular formula is C125H220FNO14. The zero-order valence-corrected chi connectivity index (χ0v) is 97.4. The Balaban J connectivity index is 0.000000398. The molecule has 4 aromatic carbocycles. The van der Waals surface area contributed by atoms with E-state index in [1.54, 1.807) is 13.8 Å². The molecule has 6 bridgehead atoms. The van der Waals surface area contributed by atoms with Gasteiger partial charge in [0.25, 0.3) is 0 Å². The highest BCUT2D eigenvalue weighted by atomic mass is 19.1. The van der Waals surface area contributed by atoms with Crippen molar-refractivity contribution in [2.45, 2.75) is 499 Å². The molecule has 6 unspecified atom stereocenters. The Morgan fingerprint density at radius 3 is 1.30 bits per heavy atom. The normalized spacial score (nSPS) is 23.7. The van der Waals surface area contributed by atoms with Gasteiger partial charge in [-0.2, -0.15) is 0 Å². The molecule has 1 saturated heterocycles. The van der Waals surface area contributed by atoms with Crippen LogP contribution in [0.25, 0.3) is 11.1 Å². The minimum Gasteiger partial charge on any atom is -0.491 e. The second-order valence-corrected chi connectivity index (χ2v) is 47.9. The van der Waals surface area contributed by atoms with E-state index >= 15 is 0 Å². The monoisotopic (exact) mass is 1980 g/mol. The van der Waals surface area contributed by atoms with Crippen LogP contribution in [0.4, 0.5) is 4.39 Å². The van der Waals surface area contributed by atoms with Crippen LogP contribution < -0.4 is 10.1 Å². The smallest absolute Gasteiger partial charge is 0.313 e. The van der Waals surface area contributed by atoms with Gasteiger partial charge in [0.1, 0.15) is 11.4 Å². The number of ether oxygens (including phenoxy) is 13. The zero-order chi connectivity index (χ0) is 106. The van der Waals surface area contributed by atoms with Gasteiger partial charge in [-0.3, -0.25) is 4.79 Å². The highest BCUT2D eigenvalue weighted by molar-refractivity contribution is 5.79. The van der Waals surface area contributed by atoms with Crippen molar-refractivity contribution in [2.24, 2.45) is 82.3 Å². The molecule has 16 heteroatoms. The maximum Gasteiger partial charge on any atom is 0.313 e. The molecule has 15 rings (SSSR count). The van der Waals surface area contributed by atoms with Crippen molar-refractivity contribution in [2.75, 3.05) is 67.0 Å². The zero-order valence-electron chi connectivity index (χ0n) is 97.4. The fourth-order valence-corrected chi connectivity index (χ4v) is 20.8. The third-order valence-corrected chi connectivity index (χ3v) is 28.7. The molecule has 0 aromatic heterocycles. The average Bonchev–Trinajstić information content (AvgIpc) is 1.57. The van der Waals surface area contributed by atoms with Gasteiger partial charge in [0.05, 0.1) is 131 Å². The Bertz CT molecular complexity index is 3600. The molecule has 10 fully saturated rings. The van der Waals surface area contributed by atoms with Crippen LogP contribution in [0.1, 0.15) is 411 Å². The molecule has 9 saturated carbocycles. The van der Waals surface area contributed by atoms with Crippen LogP contribution in [0.3, 0.4) is 0 Å². The van der Waals surface area contributed by atoms with E-state index in [-0.39, 0.29) is 37.0 Å². The minimum absolute atomic E-state index is 0.125. The molecule has 0 amide bonds. The largest absolute Gasteiger partial charge is 0.491 e. The van der Waals surface area contributed by atoms with E-state index in [1.807, 2.05) is 92.8 Å². The van der Waals surface area contributed by atoms with Gasteiger partial charge >= 0.3 is 5.97 Å². The van der Waals surface area contributed by atoms with Gasteiger partial charge in [-0.05, 0) is 427 Å². The lowest BCUT2D eigenvalue weighted by Crippen LogP contribution is -2.52. The second kappa shape index (κ2) is 71.3. The standard InChI is InChI=1S/C17H18O.C13H22O.C12H22O.C12H24O.C11H22O.C10H20O.2C10H14O.C9H18O3.C8H16O2.C7H15FO.C6H15N/c1-12(2)18-11-17-15-9-5-3-7-13(15)14-8-4-6-10-16(14)17;1-9(2)14-13-6-10-3-11(7-13)5-12(4-10)8-13;1-8(2)13-7-12-9(3)10-4-5-11(12)6-10;1-10(2)13-9-11(3)12-7-5-4-6-8-12;1-9(2)12-8-11-6-4-10(3)5-7-11;2*1-8(2)11-10-6-4-9(3)5-7-10;1-9(2)11-8-10-6-4-3-5-7-10;1-7(2)12-6-9(3,4)8(10)11-5;1-7(2)10-8-3-5-9-6-4-8;1-6(2)9-5-7(3,4)8;1-5(2)6(3)7-4/h3-10,12,17H,11H2,1-2H3;9-12H,3-8H2,1-2H3;8-12H,4-7H2,1-3H3;10-12H,4-9H2,1-3H3;9-11H,4-8H2,1-3H3;8-10H,4-7H2,1-3H3;4-8H,1-3H3;3-7,9H,8H2,1-2H3;7H,6H2,1-5H3;7-8H,3-6H2,1-2H3;6H,5H2,1-4H3;5-7H,1-4H3. The summed E-state index contributed by atoms with van der Waals surface area (Å²) < 4.78 is 84.2. The van der Waals surface area contributed by atoms with Gasteiger partial charge < -0.3 is 66.9 Å². The first-order valence-electron chi connectivity index (χ1n) is 56.7. The maximum atomic E-state index is 12.6. The SMILES string of the molecule is CC(C)OC12CC3CC(CC(C3)C1)C2.CC(C)OC1CCOCC1.CC(C)OCC(C)(C)F.CC(C)OCC(C)C1CCCCC1.CC(C)OCC1C2CCC(C2)C1C.CC(C)OCC1c2ccccc2-c2ccccc21.CC(C)OCc1ccccc1.CC1CCC(COC(C)C)CC1.CC1CCC(OC(C)C)CC1.CNC(C)C(C)C.COC(=O)C(C)(C)COC(C)C.Cc1ccc(OC(C)C)cc1. The predicted octanol–water partition coefficient (Wildman–Crippen LogP) is 32.6. The predicted molar refractivity (Wildman–Crippen MR) is 593 cm³/mol. The van der Waals surface area contributed by atoms with Gasteiger partial charge in [0, 0.05) is 38.4 Å². The Kier molecular flexibility index (Phi) is 66.1. The Morgan fingerprint density at radius 1 is 0.447 bits per heavy atom. The Hall–Kier alpha value is -4.40. The van der Waals surface area contributed by atoms with Crippen LogP contribution in [0, 0.1) is 89.3 Å². The number of aryl methyl sites for hydroxylation is 1. The van der Waals surface area contributed by atoms with Crippen LogP contribution in [-0.2, 0) is 68.2 Å². The van der Waals surface area contributed by atoms with E-state index in [0.29, 0.717) is 79.1 Å². The quantitative estimate of drug-likeness (QED) is 0.0451. The molecule has 1 heterocycles. The van der Waals surface area contributed by atoms with E-state index in [9.17, 15) is 9.18 Å². The van der Waals surface area contributed by atoms with E-state index in [1.165, 1.54) is 196 Å². The fourth-order valence-electron chi connectivity index (χ4n) is 20.8. The van der Waals surface area contributed by atoms with Crippen LogP contribution >= 0.6 is 0 Å². The van der Waals surface area contributed by atoms with Crippen LogP contribution in [0.15, 0.2) is 103 Å². The maximum absolute atomic E-state index is 12.6. The first-order chi connectivity index (χ1) is 66.4. The molecule has 0 radical (unpaired) electrons. The summed E-state index contributed by atoms with van der Waals surface area (Å²) in [4.78, 5) is 11.1. The van der Waals surface area contributed by atoms with Gasteiger partial charge in [0.15, 0.2) is 0 Å². The first-order valence-corrected chi connectivity index (χ1v) is 56.7. The summed E-state index contributed by atoms with van der Waals surface area (Å²) in [5.74, 6) is 13.2. The van der Waals surface area contributed by atoms with Crippen molar-refractivity contribution in [1.29, 1.82) is 0 Å². The lowest BCUT2D eigenvalue weighted by atomic mass is 9.54. The Labute approximate surface area is 867 Å². The molecular weight excluding hydrogens is 1760 g/mol. The molecule has 0 spiro atoms. The summed E-state index contributed by atoms with van der Waals surface area (Å²) in [7, 11) is 3.38.